The monoisotopic (exact) mass is 280 g/mol. The van der Waals surface area contributed by atoms with Gasteiger partial charge in [0.15, 0.2) is 0 Å². The second-order valence-electron chi connectivity index (χ2n) is 3.56. The van der Waals surface area contributed by atoms with Crippen LogP contribution < -0.4 is 10.5 Å². The van der Waals surface area contributed by atoms with Crippen molar-refractivity contribution in [2.45, 2.75) is 4.90 Å². The Morgan fingerprint density at radius 3 is 2.72 bits per heavy atom. The minimum absolute atomic E-state index is 0.619. The van der Waals surface area contributed by atoms with Gasteiger partial charge >= 0.3 is 0 Å². The van der Waals surface area contributed by atoms with Crippen molar-refractivity contribution < 1.29 is 4.74 Å². The number of pyridine rings is 1. The molecule has 1 aromatic carbocycles. The molecule has 2 rings (SSSR count). The minimum Gasteiger partial charge on any atom is -0.493 e. The average molecular weight is 281 g/mol. The van der Waals surface area contributed by atoms with E-state index in [0.717, 1.165) is 16.4 Å². The lowest BCUT2D eigenvalue weighted by Crippen LogP contribution is -2.00. The molecule has 0 unspecified atom stereocenters. The van der Waals surface area contributed by atoms with E-state index in [0.29, 0.717) is 17.3 Å². The molecule has 0 spiro atoms. The number of anilines is 1. The maximum atomic E-state index is 5.79. The molecule has 0 bridgehead atoms. The van der Waals surface area contributed by atoms with Crippen LogP contribution in [0.25, 0.3) is 0 Å². The largest absolute Gasteiger partial charge is 0.493 e. The first-order valence-electron chi connectivity index (χ1n) is 5.46. The van der Waals surface area contributed by atoms with E-state index in [1.165, 1.54) is 0 Å². The smallest absolute Gasteiger partial charge is 0.119 e. The van der Waals surface area contributed by atoms with Crippen LogP contribution in [0.5, 0.6) is 5.75 Å². The van der Waals surface area contributed by atoms with Gasteiger partial charge in [-0.2, -0.15) is 0 Å². The van der Waals surface area contributed by atoms with Crippen molar-refractivity contribution in [1.82, 2.24) is 4.98 Å². The van der Waals surface area contributed by atoms with Gasteiger partial charge in [-0.3, -0.25) is 4.98 Å². The number of nitrogen functional groups attached to an aromatic ring is 1. The van der Waals surface area contributed by atoms with Gasteiger partial charge in [-0.1, -0.05) is 11.6 Å². The Bertz CT molecular complexity index is 505. The number of rotatable bonds is 5. The standard InChI is InChI=1S/C13H13ClN2OS/c14-10-1-3-11(4-2-10)17-7-8-18-13-5-6-16-9-12(13)15/h1-6,9H,7-8,15H2. The van der Waals surface area contributed by atoms with Gasteiger partial charge in [0.1, 0.15) is 5.75 Å². The van der Waals surface area contributed by atoms with Gasteiger partial charge in [-0.25, -0.2) is 0 Å². The lowest BCUT2D eigenvalue weighted by Gasteiger charge is -2.07. The average Bonchev–Trinajstić information content (AvgIpc) is 2.39. The number of nitrogens with zero attached hydrogens (tertiary/aromatic N) is 1. The van der Waals surface area contributed by atoms with Crippen LogP contribution in [0.3, 0.4) is 0 Å². The Hall–Kier alpha value is -1.39. The number of aromatic nitrogens is 1. The highest BCUT2D eigenvalue weighted by atomic mass is 35.5. The van der Waals surface area contributed by atoms with E-state index < -0.39 is 0 Å². The van der Waals surface area contributed by atoms with Crippen molar-refractivity contribution in [2.75, 3.05) is 18.1 Å². The number of nitrogens with two attached hydrogens (primary N) is 1. The third-order valence-electron chi connectivity index (χ3n) is 2.23. The fourth-order valence-corrected chi connectivity index (χ4v) is 2.26. The SMILES string of the molecule is Nc1cnccc1SCCOc1ccc(Cl)cc1. The van der Waals surface area contributed by atoms with Crippen molar-refractivity contribution in [3.05, 3.63) is 47.7 Å². The quantitative estimate of drug-likeness (QED) is 0.673. The van der Waals surface area contributed by atoms with E-state index in [1.54, 1.807) is 24.2 Å². The summed E-state index contributed by atoms with van der Waals surface area (Å²) in [5, 5.41) is 0.710. The van der Waals surface area contributed by atoms with E-state index in [-0.39, 0.29) is 0 Å². The Kier molecular flexibility index (Phi) is 4.73. The summed E-state index contributed by atoms with van der Waals surface area (Å²) in [6.45, 7) is 0.619. The molecule has 1 heterocycles. The van der Waals surface area contributed by atoms with Gasteiger partial charge in [0.25, 0.3) is 0 Å². The molecule has 5 heteroatoms. The van der Waals surface area contributed by atoms with Gasteiger partial charge < -0.3 is 10.5 Å². The Morgan fingerprint density at radius 1 is 1.22 bits per heavy atom. The molecule has 1 aromatic heterocycles. The molecule has 3 nitrogen and oxygen atoms in total. The molecule has 0 saturated heterocycles. The maximum Gasteiger partial charge on any atom is 0.119 e. The van der Waals surface area contributed by atoms with Gasteiger partial charge in [-0.05, 0) is 30.3 Å². The second kappa shape index (κ2) is 6.52. The predicted molar refractivity (Wildman–Crippen MR) is 76.3 cm³/mol. The minimum atomic E-state index is 0.619. The first-order valence-corrected chi connectivity index (χ1v) is 6.83. The van der Waals surface area contributed by atoms with Crippen molar-refractivity contribution >= 4 is 29.1 Å². The molecule has 0 aliphatic rings. The normalized spacial score (nSPS) is 10.3. The zero-order valence-electron chi connectivity index (χ0n) is 9.67. The summed E-state index contributed by atoms with van der Waals surface area (Å²) in [4.78, 5) is 4.98. The summed E-state index contributed by atoms with van der Waals surface area (Å²) in [7, 11) is 0. The van der Waals surface area contributed by atoms with Crippen molar-refractivity contribution in [2.24, 2.45) is 0 Å². The van der Waals surface area contributed by atoms with Crippen LogP contribution >= 0.6 is 23.4 Å². The fraction of sp³-hybridized carbons (Fsp3) is 0.154. The maximum absolute atomic E-state index is 5.79. The summed E-state index contributed by atoms with van der Waals surface area (Å²) in [5.41, 5.74) is 6.49. The van der Waals surface area contributed by atoms with E-state index in [2.05, 4.69) is 4.98 Å². The van der Waals surface area contributed by atoms with Crippen LogP contribution in [0.1, 0.15) is 0 Å². The van der Waals surface area contributed by atoms with Gasteiger partial charge in [0.2, 0.25) is 0 Å². The summed E-state index contributed by atoms with van der Waals surface area (Å²) in [5.74, 6) is 1.65. The summed E-state index contributed by atoms with van der Waals surface area (Å²) < 4.78 is 5.59. The van der Waals surface area contributed by atoms with Crippen LogP contribution in [-0.2, 0) is 0 Å². The number of thioether (sulfide) groups is 1. The lowest BCUT2D eigenvalue weighted by atomic mass is 10.3. The molecule has 0 saturated carbocycles. The molecule has 2 N–H and O–H groups in total. The van der Waals surface area contributed by atoms with Crippen LogP contribution in [-0.4, -0.2) is 17.3 Å². The molecule has 0 radical (unpaired) electrons. The van der Waals surface area contributed by atoms with Gasteiger partial charge in [0, 0.05) is 21.9 Å². The Labute approximate surface area is 115 Å². The molecule has 18 heavy (non-hydrogen) atoms. The van der Waals surface area contributed by atoms with Crippen molar-refractivity contribution in [1.29, 1.82) is 0 Å². The van der Waals surface area contributed by atoms with E-state index in [1.807, 2.05) is 30.3 Å². The van der Waals surface area contributed by atoms with E-state index in [4.69, 9.17) is 22.1 Å². The highest BCUT2D eigenvalue weighted by molar-refractivity contribution is 7.99. The molecule has 0 amide bonds. The van der Waals surface area contributed by atoms with Crippen LogP contribution in [0, 0.1) is 0 Å². The molecule has 94 valence electrons. The number of benzene rings is 1. The number of hydrogen-bond donors (Lipinski definition) is 1. The van der Waals surface area contributed by atoms with Crippen LogP contribution in [0.2, 0.25) is 5.02 Å². The summed E-state index contributed by atoms with van der Waals surface area (Å²) >= 11 is 7.44. The topological polar surface area (TPSA) is 48.1 Å². The van der Waals surface area contributed by atoms with Crippen molar-refractivity contribution in [3.8, 4) is 5.75 Å². The predicted octanol–water partition coefficient (Wildman–Crippen LogP) is 3.49. The highest BCUT2D eigenvalue weighted by Crippen LogP contribution is 2.23. The Balaban J connectivity index is 1.76. The van der Waals surface area contributed by atoms with Gasteiger partial charge in [-0.15, -0.1) is 11.8 Å². The lowest BCUT2D eigenvalue weighted by molar-refractivity contribution is 0.344. The molecular formula is C13H13ClN2OS. The zero-order valence-corrected chi connectivity index (χ0v) is 11.2. The molecule has 0 atom stereocenters. The van der Waals surface area contributed by atoms with Crippen molar-refractivity contribution in [3.63, 3.8) is 0 Å². The summed E-state index contributed by atoms with van der Waals surface area (Å²) in [6.07, 6.45) is 3.39. The van der Waals surface area contributed by atoms with E-state index >= 15 is 0 Å². The first kappa shape index (κ1) is 13.1. The molecule has 0 aliphatic heterocycles. The zero-order chi connectivity index (χ0) is 12.8. The van der Waals surface area contributed by atoms with Gasteiger partial charge in [0.05, 0.1) is 18.5 Å². The molecule has 2 aromatic rings. The first-order chi connectivity index (χ1) is 8.75. The summed E-state index contributed by atoms with van der Waals surface area (Å²) in [6, 6.07) is 9.24. The van der Waals surface area contributed by atoms with Crippen LogP contribution in [0.4, 0.5) is 5.69 Å². The Morgan fingerprint density at radius 2 is 2.00 bits per heavy atom. The number of hydrogen-bond acceptors (Lipinski definition) is 4. The third-order valence-corrected chi connectivity index (χ3v) is 3.54. The molecular weight excluding hydrogens is 268 g/mol. The highest BCUT2D eigenvalue weighted by Gasteiger charge is 1.99. The molecule has 0 fully saturated rings. The molecule has 0 aliphatic carbocycles. The fourth-order valence-electron chi connectivity index (χ4n) is 1.37. The third kappa shape index (κ3) is 3.82. The van der Waals surface area contributed by atoms with E-state index in [9.17, 15) is 0 Å². The number of ether oxygens (including phenoxy) is 1. The number of halogens is 1. The van der Waals surface area contributed by atoms with Crippen LogP contribution in [0.15, 0.2) is 47.6 Å². The second-order valence-corrected chi connectivity index (χ2v) is 5.14.